The fourth-order valence-corrected chi connectivity index (χ4v) is 3.14. The van der Waals surface area contributed by atoms with Crippen molar-refractivity contribution in [2.24, 2.45) is 0 Å². The number of aromatic nitrogens is 1. The summed E-state index contributed by atoms with van der Waals surface area (Å²) in [6.07, 6.45) is 2.98. The van der Waals surface area contributed by atoms with Crippen molar-refractivity contribution in [2.75, 3.05) is 19.7 Å². The molecule has 20 heavy (non-hydrogen) atoms. The average Bonchev–Trinajstić information content (AvgIpc) is 2.38. The van der Waals surface area contributed by atoms with E-state index in [-0.39, 0.29) is 18.0 Å². The second kappa shape index (κ2) is 7.20. The highest BCUT2D eigenvalue weighted by Gasteiger charge is 2.28. The summed E-state index contributed by atoms with van der Waals surface area (Å²) in [5.41, 5.74) is -0.617. The molecule has 0 saturated carbocycles. The minimum atomic E-state index is -4.02. The number of sulfonamides is 1. The summed E-state index contributed by atoms with van der Waals surface area (Å²) in [5, 5.41) is 0. The number of aromatic amines is 1. The van der Waals surface area contributed by atoms with Crippen LogP contribution in [0.1, 0.15) is 20.3 Å². The Balaban J connectivity index is 3.10. The van der Waals surface area contributed by atoms with Gasteiger partial charge in [-0.15, -0.1) is 0 Å². The molecule has 0 amide bonds. The number of nitrogens with one attached hydrogen (secondary N) is 1. The van der Waals surface area contributed by atoms with Gasteiger partial charge in [0.25, 0.3) is 0 Å². The Morgan fingerprint density at radius 1 is 1.40 bits per heavy atom. The molecule has 1 aromatic heterocycles. The molecule has 1 rings (SSSR count). The lowest BCUT2D eigenvalue weighted by Crippen LogP contribution is -2.38. The number of H-pyrrole nitrogens is 1. The van der Waals surface area contributed by atoms with E-state index in [4.69, 9.17) is 4.74 Å². The lowest BCUT2D eigenvalue weighted by Gasteiger charge is -2.20. The number of pyridine rings is 1. The summed E-state index contributed by atoms with van der Waals surface area (Å²) < 4.78 is 30.5. The Morgan fingerprint density at radius 3 is 2.65 bits per heavy atom. The maximum atomic E-state index is 12.4. The summed E-state index contributed by atoms with van der Waals surface area (Å²) in [6, 6.07) is 1.13. The van der Waals surface area contributed by atoms with Gasteiger partial charge in [-0.25, -0.2) is 8.42 Å². The second-order valence-electron chi connectivity index (χ2n) is 4.02. The minimum absolute atomic E-state index is 0.134. The summed E-state index contributed by atoms with van der Waals surface area (Å²) in [5.74, 6) is -0.642. The van der Waals surface area contributed by atoms with Crippen molar-refractivity contribution in [3.8, 4) is 0 Å². The van der Waals surface area contributed by atoms with Gasteiger partial charge in [-0.2, -0.15) is 4.31 Å². The van der Waals surface area contributed by atoms with Gasteiger partial charge in [0.1, 0.15) is 11.4 Å². The predicted molar refractivity (Wildman–Crippen MR) is 72.7 cm³/mol. The van der Waals surface area contributed by atoms with Gasteiger partial charge in [-0.3, -0.25) is 9.59 Å². The van der Waals surface area contributed by atoms with Gasteiger partial charge in [0.15, 0.2) is 0 Å². The van der Waals surface area contributed by atoms with Crippen LogP contribution in [0.3, 0.4) is 0 Å². The largest absolute Gasteiger partial charge is 0.465 e. The molecule has 1 aromatic rings. The molecule has 112 valence electrons. The summed E-state index contributed by atoms with van der Waals surface area (Å²) in [4.78, 5) is 25.3. The number of ether oxygens (including phenoxy) is 1. The molecule has 1 N–H and O–H groups in total. The molecule has 0 unspecified atom stereocenters. The molecule has 0 radical (unpaired) electrons. The molecule has 7 nitrogen and oxygen atoms in total. The minimum Gasteiger partial charge on any atom is -0.465 e. The third-order valence-corrected chi connectivity index (χ3v) is 4.36. The normalized spacial score (nSPS) is 11.6. The Morgan fingerprint density at radius 2 is 2.10 bits per heavy atom. The van der Waals surface area contributed by atoms with Gasteiger partial charge in [0, 0.05) is 25.0 Å². The highest BCUT2D eigenvalue weighted by Crippen LogP contribution is 2.11. The maximum absolute atomic E-state index is 12.4. The van der Waals surface area contributed by atoms with Crippen LogP contribution < -0.4 is 5.43 Å². The summed E-state index contributed by atoms with van der Waals surface area (Å²) >= 11 is 0. The zero-order valence-corrected chi connectivity index (χ0v) is 12.3. The fourth-order valence-electron chi connectivity index (χ4n) is 1.63. The van der Waals surface area contributed by atoms with Crippen molar-refractivity contribution in [2.45, 2.75) is 25.2 Å². The van der Waals surface area contributed by atoms with Gasteiger partial charge >= 0.3 is 5.97 Å². The Labute approximate surface area is 117 Å². The van der Waals surface area contributed by atoms with Crippen LogP contribution in [0.25, 0.3) is 0 Å². The molecule has 0 spiro atoms. The number of hydrogen-bond acceptors (Lipinski definition) is 5. The van der Waals surface area contributed by atoms with Gasteiger partial charge in [-0.1, -0.05) is 6.92 Å². The van der Waals surface area contributed by atoms with E-state index in [0.717, 1.165) is 16.6 Å². The third-order valence-electron chi connectivity index (χ3n) is 2.49. The van der Waals surface area contributed by atoms with E-state index < -0.39 is 28.0 Å². The molecule has 0 fully saturated rings. The molecule has 1 heterocycles. The first kappa shape index (κ1) is 16.4. The van der Waals surface area contributed by atoms with E-state index in [1.807, 2.05) is 0 Å². The number of nitrogens with zero attached hydrogens (tertiary/aromatic N) is 1. The van der Waals surface area contributed by atoms with Crippen LogP contribution in [0.5, 0.6) is 0 Å². The van der Waals surface area contributed by atoms with Gasteiger partial charge in [0.2, 0.25) is 15.5 Å². The standard InChI is InChI=1S/C12H18N2O5S/c1-3-7-14(9-12(16)19-4-2)20(17,18)11-8-13-6-5-10(11)15/h5-6,8H,3-4,7,9H2,1-2H3,(H,13,15). The fraction of sp³-hybridized carbons (Fsp3) is 0.500. The molecule has 0 aliphatic carbocycles. The van der Waals surface area contributed by atoms with Crippen LogP contribution in [0, 0.1) is 0 Å². The zero-order valence-electron chi connectivity index (χ0n) is 11.5. The van der Waals surface area contributed by atoms with Crippen molar-refractivity contribution < 1.29 is 17.9 Å². The van der Waals surface area contributed by atoms with Crippen LogP contribution in [-0.4, -0.2) is 43.4 Å². The number of rotatable bonds is 7. The Kier molecular flexibility index (Phi) is 5.90. The first-order valence-electron chi connectivity index (χ1n) is 6.26. The predicted octanol–water partition coefficient (Wildman–Crippen LogP) is 0.339. The lowest BCUT2D eigenvalue weighted by molar-refractivity contribution is -0.143. The monoisotopic (exact) mass is 302 g/mol. The van der Waals surface area contributed by atoms with Crippen molar-refractivity contribution >= 4 is 16.0 Å². The molecular formula is C12H18N2O5S. The van der Waals surface area contributed by atoms with Crippen molar-refractivity contribution in [3.05, 3.63) is 28.7 Å². The molecule has 0 aliphatic rings. The Bertz CT molecular complexity index is 608. The average molecular weight is 302 g/mol. The smallest absolute Gasteiger partial charge is 0.321 e. The number of hydrogen-bond donors (Lipinski definition) is 1. The number of carbonyl (C=O) groups excluding carboxylic acids is 1. The summed E-state index contributed by atoms with van der Waals surface area (Å²) in [6.45, 7) is 3.32. The molecule has 0 atom stereocenters. The van der Waals surface area contributed by atoms with Crippen LogP contribution in [0.15, 0.2) is 28.2 Å². The Hall–Kier alpha value is -1.67. The van der Waals surface area contributed by atoms with E-state index >= 15 is 0 Å². The van der Waals surface area contributed by atoms with E-state index in [0.29, 0.717) is 6.42 Å². The molecule has 0 aliphatic heterocycles. The number of esters is 1. The maximum Gasteiger partial charge on any atom is 0.321 e. The van der Waals surface area contributed by atoms with Gasteiger partial charge in [-0.05, 0) is 13.3 Å². The first-order chi connectivity index (χ1) is 9.43. The van der Waals surface area contributed by atoms with E-state index in [2.05, 4.69) is 4.98 Å². The van der Waals surface area contributed by atoms with E-state index in [9.17, 15) is 18.0 Å². The molecule has 0 bridgehead atoms. The lowest BCUT2D eigenvalue weighted by atomic mass is 10.5. The highest BCUT2D eigenvalue weighted by atomic mass is 32.2. The van der Waals surface area contributed by atoms with Gasteiger partial charge in [0.05, 0.1) is 6.61 Å². The first-order valence-corrected chi connectivity index (χ1v) is 7.70. The third kappa shape index (κ3) is 3.91. The molecular weight excluding hydrogens is 284 g/mol. The van der Waals surface area contributed by atoms with Crippen LogP contribution in [0.2, 0.25) is 0 Å². The quantitative estimate of drug-likeness (QED) is 0.733. The van der Waals surface area contributed by atoms with Crippen LogP contribution in [-0.2, 0) is 19.6 Å². The van der Waals surface area contributed by atoms with E-state index in [1.54, 1.807) is 13.8 Å². The molecule has 0 aromatic carbocycles. The molecule has 8 heteroatoms. The van der Waals surface area contributed by atoms with Crippen molar-refractivity contribution in [3.63, 3.8) is 0 Å². The SMILES string of the molecule is CCCN(CC(=O)OCC)S(=O)(=O)c1c[nH]ccc1=O. The van der Waals surface area contributed by atoms with Crippen molar-refractivity contribution in [1.82, 2.24) is 9.29 Å². The van der Waals surface area contributed by atoms with E-state index in [1.165, 1.54) is 6.20 Å². The van der Waals surface area contributed by atoms with Crippen molar-refractivity contribution in [1.29, 1.82) is 0 Å². The second-order valence-corrected chi connectivity index (χ2v) is 5.92. The number of carbonyl (C=O) groups is 1. The highest BCUT2D eigenvalue weighted by molar-refractivity contribution is 7.89. The zero-order chi connectivity index (χ0) is 15.2. The van der Waals surface area contributed by atoms with Crippen LogP contribution >= 0.6 is 0 Å². The summed E-state index contributed by atoms with van der Waals surface area (Å²) in [7, 11) is -4.02. The van der Waals surface area contributed by atoms with Gasteiger partial charge < -0.3 is 9.72 Å². The molecule has 0 saturated heterocycles. The topological polar surface area (TPSA) is 96.5 Å². The van der Waals surface area contributed by atoms with Crippen LogP contribution in [0.4, 0.5) is 0 Å².